The molecule has 0 N–H and O–H groups in total. The van der Waals surface area contributed by atoms with E-state index in [9.17, 15) is 0 Å². The van der Waals surface area contributed by atoms with E-state index in [0.717, 1.165) is 6.42 Å². The van der Waals surface area contributed by atoms with E-state index in [4.69, 9.17) is 0 Å². The number of hydrogen-bond acceptors (Lipinski definition) is 0. The molecule has 1 aliphatic carbocycles. The molecular weight excluding hydrogens is 442 g/mol. The average molecular weight is 470 g/mol. The summed E-state index contributed by atoms with van der Waals surface area (Å²) >= 11 is 2.29. The zero-order valence-electron chi connectivity index (χ0n) is 17.1. The van der Waals surface area contributed by atoms with Crippen molar-refractivity contribution in [2.75, 3.05) is 0 Å². The van der Waals surface area contributed by atoms with Gasteiger partial charge in [-0.15, -0.1) is 0 Å². The van der Waals surface area contributed by atoms with Gasteiger partial charge in [-0.25, -0.2) is 0 Å². The van der Waals surface area contributed by atoms with Crippen molar-refractivity contribution < 1.29 is 57.7 Å². The predicted octanol–water partition coefficient (Wildman–Crippen LogP) is -2.43. The third-order valence-electron chi connectivity index (χ3n) is 5.81. The molecule has 0 radical (unpaired) electrons. The third kappa shape index (κ3) is 4.47. The molecule has 0 unspecified atom stereocenters. The second kappa shape index (κ2) is 10.5. The van der Waals surface area contributed by atoms with Crippen LogP contribution in [0.15, 0.2) is 81.3 Å². The molecule has 0 amide bonds. The predicted molar refractivity (Wildman–Crippen MR) is 103 cm³/mol. The Kier molecular flexibility index (Phi) is 10.3. The van der Waals surface area contributed by atoms with Gasteiger partial charge in [-0.05, 0) is 0 Å². The van der Waals surface area contributed by atoms with Gasteiger partial charge in [0.05, 0.1) is 0 Å². The SMILES string of the molecule is CC1=[C]([Ti+3])CC(C(c2ccccc2)(c2ccccc2)C(C)(C)C)=C1C.[Cl-].[Cl-].[Cl-]. The van der Waals surface area contributed by atoms with Gasteiger partial charge in [-0.1, -0.05) is 0 Å². The Balaban J connectivity index is 0.00000243. The van der Waals surface area contributed by atoms with E-state index in [2.05, 4.69) is 116 Å². The molecular formula is C24H27Cl3Ti. The summed E-state index contributed by atoms with van der Waals surface area (Å²) in [5, 5.41) is 0. The molecule has 0 fully saturated rings. The molecule has 0 bridgehead atoms. The van der Waals surface area contributed by atoms with E-state index >= 15 is 0 Å². The standard InChI is InChI=1S/C24H27.3ClH.Ti/c1-18-16-17-22(19(18)2)24(23(3,4)5,20-12-8-6-9-13-20)21-14-10-7-11-15-21;;;;/h6-15H,17H2,1-5H3;3*1H;/q;;;;+3/p-3. The van der Waals surface area contributed by atoms with Gasteiger partial charge in [-0.2, -0.15) is 0 Å². The first-order valence-corrected chi connectivity index (χ1v) is 9.81. The average Bonchev–Trinajstić information content (AvgIpc) is 2.84. The summed E-state index contributed by atoms with van der Waals surface area (Å²) in [6.07, 6.45) is 1.07. The largest absolute Gasteiger partial charge is 1.00 e. The fraction of sp³-hybridized carbons (Fsp3) is 0.333. The van der Waals surface area contributed by atoms with E-state index in [1.807, 2.05) is 0 Å². The smallest absolute Gasteiger partial charge is 1.00 e. The van der Waals surface area contributed by atoms with Crippen LogP contribution in [0.5, 0.6) is 0 Å². The molecule has 2 aromatic carbocycles. The van der Waals surface area contributed by atoms with Gasteiger partial charge in [0.25, 0.3) is 0 Å². The molecule has 0 saturated carbocycles. The van der Waals surface area contributed by atoms with Gasteiger partial charge >= 0.3 is 165 Å². The second-order valence-electron chi connectivity index (χ2n) is 8.12. The second-order valence-corrected chi connectivity index (χ2v) is 9.06. The van der Waals surface area contributed by atoms with Crippen LogP contribution in [0.3, 0.4) is 0 Å². The molecule has 148 valence electrons. The maximum Gasteiger partial charge on any atom is -1.00 e. The summed E-state index contributed by atoms with van der Waals surface area (Å²) < 4.78 is 1.51. The van der Waals surface area contributed by atoms with Crippen molar-refractivity contribution in [2.45, 2.75) is 46.5 Å². The number of hydrogen-bond donors (Lipinski definition) is 0. The summed E-state index contributed by atoms with van der Waals surface area (Å²) in [4.78, 5) is 0. The van der Waals surface area contributed by atoms with Gasteiger partial charge in [0.1, 0.15) is 0 Å². The molecule has 0 spiro atoms. The van der Waals surface area contributed by atoms with Gasteiger partial charge in [0, 0.05) is 0 Å². The molecule has 0 saturated heterocycles. The molecule has 4 heteroatoms. The summed E-state index contributed by atoms with van der Waals surface area (Å²) in [6.45, 7) is 11.7. The van der Waals surface area contributed by atoms with E-state index in [-0.39, 0.29) is 48.1 Å². The Morgan fingerprint density at radius 2 is 1.07 bits per heavy atom. The first kappa shape index (κ1) is 27.5. The Labute approximate surface area is 200 Å². The van der Waals surface area contributed by atoms with Gasteiger partial charge in [0.2, 0.25) is 0 Å². The first-order valence-electron chi connectivity index (χ1n) is 9.03. The van der Waals surface area contributed by atoms with Crippen LogP contribution in [0.4, 0.5) is 0 Å². The maximum absolute atomic E-state index is 2.39. The van der Waals surface area contributed by atoms with Crippen molar-refractivity contribution >= 4 is 0 Å². The monoisotopic (exact) mass is 468 g/mol. The molecule has 2 aromatic rings. The van der Waals surface area contributed by atoms with E-state index in [1.54, 1.807) is 5.57 Å². The van der Waals surface area contributed by atoms with Crippen LogP contribution in [-0.4, -0.2) is 0 Å². The Hall–Kier alpha value is -0.496. The van der Waals surface area contributed by atoms with Crippen molar-refractivity contribution in [3.8, 4) is 0 Å². The van der Waals surface area contributed by atoms with E-state index < -0.39 is 0 Å². The fourth-order valence-electron chi connectivity index (χ4n) is 4.52. The zero-order valence-corrected chi connectivity index (χ0v) is 20.9. The van der Waals surface area contributed by atoms with Crippen LogP contribution in [0.25, 0.3) is 0 Å². The Morgan fingerprint density at radius 3 is 1.36 bits per heavy atom. The minimum atomic E-state index is -0.126. The molecule has 0 aromatic heterocycles. The third-order valence-corrected chi connectivity index (χ3v) is 6.67. The first-order chi connectivity index (χ1) is 11.8. The molecule has 0 aliphatic heterocycles. The quantitative estimate of drug-likeness (QED) is 0.439. The molecule has 1 aliphatic rings. The number of rotatable bonds is 3. The van der Waals surface area contributed by atoms with Gasteiger partial charge in [-0.3, -0.25) is 0 Å². The Bertz CT molecular complexity index is 792. The summed E-state index contributed by atoms with van der Waals surface area (Å²) in [5.74, 6) is 0. The summed E-state index contributed by atoms with van der Waals surface area (Å²) in [5.41, 5.74) is 7.22. The van der Waals surface area contributed by atoms with Crippen molar-refractivity contribution in [3.05, 3.63) is 92.4 Å². The van der Waals surface area contributed by atoms with Crippen LogP contribution in [0, 0.1) is 5.41 Å². The van der Waals surface area contributed by atoms with Crippen molar-refractivity contribution in [3.63, 3.8) is 0 Å². The number of halogens is 3. The molecule has 28 heavy (non-hydrogen) atoms. The molecule has 0 atom stereocenters. The van der Waals surface area contributed by atoms with Crippen LogP contribution in [-0.2, 0) is 25.9 Å². The number of allylic oxidation sites excluding steroid dienone is 4. The Morgan fingerprint density at radius 1 is 0.679 bits per heavy atom. The zero-order chi connectivity index (χ0) is 18.2. The maximum atomic E-state index is 2.39. The topological polar surface area (TPSA) is 0 Å². The van der Waals surface area contributed by atoms with E-state index in [0.29, 0.717) is 0 Å². The van der Waals surface area contributed by atoms with Crippen molar-refractivity contribution in [1.82, 2.24) is 0 Å². The van der Waals surface area contributed by atoms with Crippen LogP contribution in [0.2, 0.25) is 0 Å². The molecule has 0 nitrogen and oxygen atoms in total. The van der Waals surface area contributed by atoms with Crippen LogP contribution in [0.1, 0.15) is 52.2 Å². The summed E-state index contributed by atoms with van der Waals surface area (Å²) in [6, 6.07) is 22.2. The van der Waals surface area contributed by atoms with Crippen LogP contribution >= 0.6 is 0 Å². The molecule has 0 heterocycles. The van der Waals surface area contributed by atoms with Gasteiger partial charge in [0.15, 0.2) is 0 Å². The van der Waals surface area contributed by atoms with Gasteiger partial charge < -0.3 is 37.2 Å². The summed E-state index contributed by atoms with van der Waals surface area (Å²) in [7, 11) is 0. The normalized spacial score (nSPS) is 14.2. The number of benzene rings is 2. The van der Waals surface area contributed by atoms with Crippen molar-refractivity contribution in [1.29, 1.82) is 0 Å². The fourth-order valence-corrected chi connectivity index (χ4v) is 5.09. The molecule has 3 rings (SSSR count). The minimum Gasteiger partial charge on any atom is -1.00 e. The minimum absolute atomic E-state index is 0. The van der Waals surface area contributed by atoms with Crippen LogP contribution < -0.4 is 37.2 Å². The van der Waals surface area contributed by atoms with Crippen molar-refractivity contribution in [2.24, 2.45) is 5.41 Å². The van der Waals surface area contributed by atoms with E-state index in [1.165, 1.54) is 26.2 Å².